The Bertz CT molecular complexity index is 601. The molecule has 18 heavy (non-hydrogen) atoms. The Morgan fingerprint density at radius 1 is 1.28 bits per heavy atom. The van der Waals surface area contributed by atoms with E-state index in [0.717, 1.165) is 5.39 Å². The highest BCUT2D eigenvalue weighted by atomic mass is 16.2. The molecule has 5 nitrogen and oxygen atoms in total. The van der Waals surface area contributed by atoms with Crippen LogP contribution >= 0.6 is 0 Å². The molecule has 1 heterocycles. The number of carbonyl (C=O) groups excluding carboxylic acids is 1. The standard InChI is InChI=1S/C13H16N4O/c1-13(2,3)12(18)17-8-4-5-9-10(6-8)15-7-16-11(9)14/h4-7H,1-3H3,(H,17,18)(H2,14,15,16). The van der Waals surface area contributed by atoms with E-state index in [2.05, 4.69) is 15.3 Å². The van der Waals surface area contributed by atoms with Crippen LogP contribution in [0.5, 0.6) is 0 Å². The molecule has 1 amide bonds. The van der Waals surface area contributed by atoms with E-state index < -0.39 is 5.41 Å². The molecular weight excluding hydrogens is 228 g/mol. The van der Waals surface area contributed by atoms with E-state index in [1.165, 1.54) is 6.33 Å². The lowest BCUT2D eigenvalue weighted by Crippen LogP contribution is -2.27. The number of amides is 1. The average molecular weight is 244 g/mol. The maximum atomic E-state index is 11.9. The third kappa shape index (κ3) is 2.40. The lowest BCUT2D eigenvalue weighted by Gasteiger charge is -2.17. The van der Waals surface area contributed by atoms with Crippen LogP contribution in [0.1, 0.15) is 20.8 Å². The number of rotatable bonds is 1. The van der Waals surface area contributed by atoms with Crippen LogP contribution in [0.3, 0.4) is 0 Å². The maximum absolute atomic E-state index is 11.9. The van der Waals surface area contributed by atoms with E-state index in [0.29, 0.717) is 17.0 Å². The molecule has 0 aliphatic rings. The van der Waals surface area contributed by atoms with Crippen molar-refractivity contribution in [2.24, 2.45) is 5.41 Å². The summed E-state index contributed by atoms with van der Waals surface area (Å²) in [6, 6.07) is 5.39. The number of nitrogen functional groups attached to an aromatic ring is 1. The summed E-state index contributed by atoms with van der Waals surface area (Å²) in [5, 5.41) is 3.64. The van der Waals surface area contributed by atoms with Gasteiger partial charge in [-0.2, -0.15) is 0 Å². The molecule has 0 atom stereocenters. The summed E-state index contributed by atoms with van der Waals surface area (Å²) in [5.41, 5.74) is 6.73. The van der Waals surface area contributed by atoms with Crippen molar-refractivity contribution in [3.05, 3.63) is 24.5 Å². The van der Waals surface area contributed by atoms with Crippen molar-refractivity contribution in [3.63, 3.8) is 0 Å². The Balaban J connectivity index is 2.34. The van der Waals surface area contributed by atoms with Gasteiger partial charge < -0.3 is 11.1 Å². The van der Waals surface area contributed by atoms with Crippen molar-refractivity contribution in [3.8, 4) is 0 Å². The SMILES string of the molecule is CC(C)(C)C(=O)Nc1ccc2c(N)ncnc2c1. The summed E-state index contributed by atoms with van der Waals surface area (Å²) in [6.07, 6.45) is 1.41. The van der Waals surface area contributed by atoms with Crippen LogP contribution in [-0.4, -0.2) is 15.9 Å². The summed E-state index contributed by atoms with van der Waals surface area (Å²) >= 11 is 0. The lowest BCUT2D eigenvalue weighted by atomic mass is 9.95. The van der Waals surface area contributed by atoms with E-state index in [-0.39, 0.29) is 5.91 Å². The zero-order valence-electron chi connectivity index (χ0n) is 10.7. The second-order valence-electron chi connectivity index (χ2n) is 5.19. The number of hydrogen-bond acceptors (Lipinski definition) is 4. The molecule has 94 valence electrons. The molecule has 0 unspecified atom stereocenters. The largest absolute Gasteiger partial charge is 0.383 e. The van der Waals surface area contributed by atoms with Crippen LogP contribution in [0.15, 0.2) is 24.5 Å². The van der Waals surface area contributed by atoms with Crippen LogP contribution in [0.2, 0.25) is 0 Å². The molecule has 0 bridgehead atoms. The van der Waals surface area contributed by atoms with Crippen LogP contribution in [0, 0.1) is 5.41 Å². The molecular formula is C13H16N4O. The van der Waals surface area contributed by atoms with Crippen molar-refractivity contribution < 1.29 is 4.79 Å². The van der Waals surface area contributed by atoms with Gasteiger partial charge in [-0.1, -0.05) is 20.8 Å². The Labute approximate surface area is 105 Å². The van der Waals surface area contributed by atoms with Crippen molar-refractivity contribution >= 4 is 28.3 Å². The lowest BCUT2D eigenvalue weighted by molar-refractivity contribution is -0.123. The number of anilines is 2. The second-order valence-corrected chi connectivity index (χ2v) is 5.19. The van der Waals surface area contributed by atoms with Gasteiger partial charge in [-0.25, -0.2) is 9.97 Å². The molecule has 2 aromatic rings. The van der Waals surface area contributed by atoms with Crippen LogP contribution in [0.25, 0.3) is 10.9 Å². The van der Waals surface area contributed by atoms with Gasteiger partial charge in [0.2, 0.25) is 5.91 Å². The third-order valence-corrected chi connectivity index (χ3v) is 2.61. The van der Waals surface area contributed by atoms with Crippen molar-refractivity contribution in [1.29, 1.82) is 0 Å². The third-order valence-electron chi connectivity index (χ3n) is 2.61. The summed E-state index contributed by atoms with van der Waals surface area (Å²) in [5.74, 6) is 0.401. The van der Waals surface area contributed by atoms with Gasteiger partial charge in [-0.05, 0) is 18.2 Å². The molecule has 0 fully saturated rings. The zero-order chi connectivity index (χ0) is 13.3. The predicted molar refractivity (Wildman–Crippen MR) is 72.0 cm³/mol. The minimum Gasteiger partial charge on any atom is -0.383 e. The van der Waals surface area contributed by atoms with Gasteiger partial charge in [0.1, 0.15) is 12.1 Å². The van der Waals surface area contributed by atoms with Crippen molar-refractivity contribution in [2.45, 2.75) is 20.8 Å². The molecule has 1 aromatic heterocycles. The second kappa shape index (κ2) is 4.25. The van der Waals surface area contributed by atoms with Crippen LogP contribution in [0.4, 0.5) is 11.5 Å². The number of benzene rings is 1. The fourth-order valence-corrected chi connectivity index (χ4v) is 1.47. The first-order valence-electron chi connectivity index (χ1n) is 5.69. The molecule has 0 aliphatic heterocycles. The molecule has 1 aromatic carbocycles. The van der Waals surface area contributed by atoms with E-state index >= 15 is 0 Å². The fraction of sp³-hybridized carbons (Fsp3) is 0.308. The van der Waals surface area contributed by atoms with Gasteiger partial charge in [0.25, 0.3) is 0 Å². The van der Waals surface area contributed by atoms with Gasteiger partial charge in [0, 0.05) is 16.5 Å². The van der Waals surface area contributed by atoms with E-state index in [1.54, 1.807) is 12.1 Å². The van der Waals surface area contributed by atoms with Gasteiger partial charge in [-0.15, -0.1) is 0 Å². The van der Waals surface area contributed by atoms with Gasteiger partial charge >= 0.3 is 0 Å². The average Bonchev–Trinajstić information content (AvgIpc) is 2.28. The molecule has 0 saturated carbocycles. The first-order chi connectivity index (χ1) is 8.38. The number of nitrogens with zero attached hydrogens (tertiary/aromatic N) is 2. The van der Waals surface area contributed by atoms with E-state index in [9.17, 15) is 4.79 Å². The highest BCUT2D eigenvalue weighted by Gasteiger charge is 2.21. The van der Waals surface area contributed by atoms with E-state index in [1.807, 2.05) is 26.8 Å². The Kier molecular flexibility index (Phi) is 2.90. The first kappa shape index (κ1) is 12.3. The topological polar surface area (TPSA) is 80.9 Å². The fourth-order valence-electron chi connectivity index (χ4n) is 1.47. The molecule has 0 saturated heterocycles. The molecule has 5 heteroatoms. The quantitative estimate of drug-likeness (QED) is 0.805. The monoisotopic (exact) mass is 244 g/mol. The number of carbonyl (C=O) groups is 1. The van der Waals surface area contributed by atoms with Crippen LogP contribution < -0.4 is 11.1 Å². The minimum absolute atomic E-state index is 0.0381. The summed E-state index contributed by atoms with van der Waals surface area (Å²) in [4.78, 5) is 19.9. The van der Waals surface area contributed by atoms with Gasteiger partial charge in [0.05, 0.1) is 5.52 Å². The number of hydrogen-bond donors (Lipinski definition) is 2. The summed E-state index contributed by atoms with van der Waals surface area (Å²) < 4.78 is 0. The number of nitrogens with two attached hydrogens (primary N) is 1. The highest BCUT2D eigenvalue weighted by Crippen LogP contribution is 2.22. The molecule has 0 aliphatic carbocycles. The highest BCUT2D eigenvalue weighted by molar-refractivity contribution is 5.97. The smallest absolute Gasteiger partial charge is 0.229 e. The summed E-state index contributed by atoms with van der Waals surface area (Å²) in [6.45, 7) is 5.59. The molecule has 0 spiro atoms. The minimum atomic E-state index is -0.431. The Morgan fingerprint density at radius 2 is 2.00 bits per heavy atom. The number of nitrogens with one attached hydrogen (secondary N) is 1. The number of fused-ring (bicyclic) bond motifs is 1. The normalized spacial score (nSPS) is 11.5. The molecule has 3 N–H and O–H groups in total. The van der Waals surface area contributed by atoms with Crippen LogP contribution in [-0.2, 0) is 4.79 Å². The zero-order valence-corrected chi connectivity index (χ0v) is 10.7. The van der Waals surface area contributed by atoms with Gasteiger partial charge in [-0.3, -0.25) is 4.79 Å². The maximum Gasteiger partial charge on any atom is 0.229 e. The number of aromatic nitrogens is 2. The van der Waals surface area contributed by atoms with Crippen molar-refractivity contribution in [1.82, 2.24) is 9.97 Å². The summed E-state index contributed by atoms with van der Waals surface area (Å²) in [7, 11) is 0. The molecule has 0 radical (unpaired) electrons. The van der Waals surface area contributed by atoms with Gasteiger partial charge in [0.15, 0.2) is 0 Å². The Hall–Kier alpha value is -2.17. The molecule has 2 rings (SSSR count). The van der Waals surface area contributed by atoms with E-state index in [4.69, 9.17) is 5.73 Å². The first-order valence-corrected chi connectivity index (χ1v) is 5.69. The Morgan fingerprint density at radius 3 is 2.67 bits per heavy atom. The van der Waals surface area contributed by atoms with Crippen molar-refractivity contribution in [2.75, 3.05) is 11.1 Å². The predicted octanol–water partition coefficient (Wildman–Crippen LogP) is 2.20.